The van der Waals surface area contributed by atoms with E-state index in [1.807, 2.05) is 42.5 Å². The minimum Gasteiger partial charge on any atom is -0.471 e. The van der Waals surface area contributed by atoms with Gasteiger partial charge in [-0.2, -0.15) is 5.10 Å². The number of H-pyrrole nitrogens is 1. The van der Waals surface area contributed by atoms with Crippen molar-refractivity contribution in [1.29, 1.82) is 0 Å². The van der Waals surface area contributed by atoms with Crippen molar-refractivity contribution in [3.63, 3.8) is 0 Å². The van der Waals surface area contributed by atoms with Crippen LogP contribution >= 0.6 is 0 Å². The minimum absolute atomic E-state index is 0.329. The number of carbonyl (C=O) groups is 1. The summed E-state index contributed by atoms with van der Waals surface area (Å²) in [7, 11) is 0. The summed E-state index contributed by atoms with van der Waals surface area (Å²) in [6.07, 6.45) is 1.28. The van der Waals surface area contributed by atoms with Gasteiger partial charge in [0.05, 0.1) is 11.7 Å². The third-order valence-corrected chi connectivity index (χ3v) is 3.89. The smallest absolute Gasteiger partial charge is 0.322 e. The van der Waals surface area contributed by atoms with E-state index < -0.39 is 6.23 Å². The molecule has 6 heteroatoms. The molecule has 1 unspecified atom stereocenters. The van der Waals surface area contributed by atoms with Crippen molar-refractivity contribution in [2.75, 3.05) is 5.32 Å². The molecule has 25 heavy (non-hydrogen) atoms. The molecule has 0 aliphatic carbocycles. The van der Waals surface area contributed by atoms with E-state index in [1.165, 1.54) is 5.56 Å². The summed E-state index contributed by atoms with van der Waals surface area (Å²) < 4.78 is 5.73. The third kappa shape index (κ3) is 4.29. The summed E-state index contributed by atoms with van der Waals surface area (Å²) in [5.41, 5.74) is 2.80. The van der Waals surface area contributed by atoms with Crippen molar-refractivity contribution in [1.82, 2.24) is 15.5 Å². The molecule has 1 atom stereocenters. The highest BCUT2D eigenvalue weighted by Crippen LogP contribution is 2.19. The second-order valence-corrected chi connectivity index (χ2v) is 6.25. The molecule has 1 aromatic heterocycles. The molecule has 2 amide bonds. The number of aromatic nitrogens is 2. The lowest BCUT2D eigenvalue weighted by Crippen LogP contribution is -2.39. The Balaban J connectivity index is 1.54. The standard InChI is InChI=1S/C19H22N4O2/c1-12(2)14-5-8-17(9-6-14)25-13(3)21-19(24)22-16-7-4-15-11-20-23-18(15)10-16/h4-13H,1-3H3,(H,20,23)(H2,21,22,24). The zero-order chi connectivity index (χ0) is 17.8. The van der Waals surface area contributed by atoms with Gasteiger partial charge in [-0.3, -0.25) is 5.10 Å². The number of rotatable bonds is 5. The van der Waals surface area contributed by atoms with Crippen LogP contribution in [-0.2, 0) is 0 Å². The molecule has 0 fully saturated rings. The topological polar surface area (TPSA) is 79.0 Å². The number of nitrogens with zero attached hydrogens (tertiary/aromatic N) is 1. The Morgan fingerprint density at radius 1 is 1.12 bits per heavy atom. The zero-order valence-electron chi connectivity index (χ0n) is 14.5. The Labute approximate surface area is 146 Å². The van der Waals surface area contributed by atoms with Gasteiger partial charge in [-0.25, -0.2) is 4.79 Å². The fourth-order valence-corrected chi connectivity index (χ4v) is 2.53. The number of nitrogens with one attached hydrogen (secondary N) is 3. The van der Waals surface area contributed by atoms with Crippen molar-refractivity contribution in [2.24, 2.45) is 0 Å². The molecule has 2 aromatic carbocycles. The summed E-state index contributed by atoms with van der Waals surface area (Å²) >= 11 is 0. The summed E-state index contributed by atoms with van der Waals surface area (Å²) in [5.74, 6) is 1.19. The maximum Gasteiger partial charge on any atom is 0.322 e. The van der Waals surface area contributed by atoms with Crippen LogP contribution in [0.5, 0.6) is 5.75 Å². The van der Waals surface area contributed by atoms with Gasteiger partial charge in [-0.05, 0) is 48.7 Å². The quantitative estimate of drug-likeness (QED) is 0.609. The fraction of sp³-hybridized carbons (Fsp3) is 0.263. The molecule has 0 bridgehead atoms. The summed E-state index contributed by atoms with van der Waals surface area (Å²) in [5, 5.41) is 13.4. The van der Waals surface area contributed by atoms with Crippen LogP contribution in [-0.4, -0.2) is 22.5 Å². The Kier molecular flexibility index (Phi) is 4.88. The van der Waals surface area contributed by atoms with Gasteiger partial charge in [0.25, 0.3) is 0 Å². The molecule has 0 saturated heterocycles. The van der Waals surface area contributed by atoms with Crippen molar-refractivity contribution in [2.45, 2.75) is 32.9 Å². The highest BCUT2D eigenvalue weighted by molar-refractivity contribution is 5.92. The first-order chi connectivity index (χ1) is 12.0. The number of carbonyl (C=O) groups excluding carboxylic acids is 1. The molecule has 3 aromatic rings. The Morgan fingerprint density at radius 3 is 2.60 bits per heavy atom. The highest BCUT2D eigenvalue weighted by atomic mass is 16.5. The van der Waals surface area contributed by atoms with E-state index in [1.54, 1.807) is 13.1 Å². The van der Waals surface area contributed by atoms with Gasteiger partial charge in [0.2, 0.25) is 0 Å². The molecule has 0 spiro atoms. The van der Waals surface area contributed by atoms with E-state index in [2.05, 4.69) is 34.7 Å². The summed E-state index contributed by atoms with van der Waals surface area (Å²) in [4.78, 5) is 12.1. The van der Waals surface area contributed by atoms with Crippen molar-refractivity contribution >= 4 is 22.6 Å². The molecule has 3 N–H and O–H groups in total. The number of hydrogen-bond donors (Lipinski definition) is 3. The Hall–Kier alpha value is -3.02. The van der Waals surface area contributed by atoms with Crippen LogP contribution in [0.2, 0.25) is 0 Å². The first-order valence-corrected chi connectivity index (χ1v) is 8.28. The van der Waals surface area contributed by atoms with Gasteiger partial charge < -0.3 is 15.4 Å². The van der Waals surface area contributed by atoms with Gasteiger partial charge in [0, 0.05) is 11.1 Å². The van der Waals surface area contributed by atoms with Crippen LogP contribution in [0.3, 0.4) is 0 Å². The number of ether oxygens (including phenoxy) is 1. The number of urea groups is 1. The normalized spacial score (nSPS) is 12.2. The van der Waals surface area contributed by atoms with E-state index in [-0.39, 0.29) is 6.03 Å². The van der Waals surface area contributed by atoms with Gasteiger partial charge in [-0.15, -0.1) is 0 Å². The molecule has 0 aliphatic rings. The third-order valence-electron chi connectivity index (χ3n) is 3.89. The number of benzene rings is 2. The lowest BCUT2D eigenvalue weighted by atomic mass is 10.0. The van der Waals surface area contributed by atoms with Crippen LogP contribution < -0.4 is 15.4 Å². The predicted octanol–water partition coefficient (Wildman–Crippen LogP) is 4.23. The van der Waals surface area contributed by atoms with Gasteiger partial charge in [0.15, 0.2) is 6.23 Å². The molecule has 1 heterocycles. The van der Waals surface area contributed by atoms with E-state index in [9.17, 15) is 4.79 Å². The maximum absolute atomic E-state index is 12.1. The first kappa shape index (κ1) is 16.8. The summed E-state index contributed by atoms with van der Waals surface area (Å²) in [6.45, 7) is 6.07. The largest absolute Gasteiger partial charge is 0.471 e. The first-order valence-electron chi connectivity index (χ1n) is 8.28. The minimum atomic E-state index is -0.458. The van der Waals surface area contributed by atoms with E-state index in [0.717, 1.165) is 16.7 Å². The molecule has 3 rings (SSSR count). The van der Waals surface area contributed by atoms with Crippen LogP contribution in [0.1, 0.15) is 32.3 Å². The predicted molar refractivity (Wildman–Crippen MR) is 98.9 cm³/mol. The molecular weight excluding hydrogens is 316 g/mol. The lowest BCUT2D eigenvalue weighted by Gasteiger charge is -2.17. The number of fused-ring (bicyclic) bond motifs is 1. The van der Waals surface area contributed by atoms with Crippen LogP contribution in [0.25, 0.3) is 10.9 Å². The number of aromatic amines is 1. The highest BCUT2D eigenvalue weighted by Gasteiger charge is 2.10. The molecule has 0 aliphatic heterocycles. The van der Waals surface area contributed by atoms with Gasteiger partial charge in [-0.1, -0.05) is 26.0 Å². The van der Waals surface area contributed by atoms with E-state index in [0.29, 0.717) is 11.6 Å². The molecular formula is C19H22N4O2. The van der Waals surface area contributed by atoms with Crippen molar-refractivity contribution < 1.29 is 9.53 Å². The SMILES string of the molecule is CC(NC(=O)Nc1ccc2cn[nH]c2c1)Oc1ccc(C(C)C)cc1. The summed E-state index contributed by atoms with van der Waals surface area (Å²) in [6, 6.07) is 13.1. The molecule has 0 saturated carbocycles. The monoisotopic (exact) mass is 338 g/mol. The molecule has 130 valence electrons. The fourth-order valence-electron chi connectivity index (χ4n) is 2.53. The molecule has 6 nitrogen and oxygen atoms in total. The van der Waals surface area contributed by atoms with Crippen molar-refractivity contribution in [3.8, 4) is 5.75 Å². The number of hydrogen-bond acceptors (Lipinski definition) is 3. The average molecular weight is 338 g/mol. The molecule has 0 radical (unpaired) electrons. The lowest BCUT2D eigenvalue weighted by molar-refractivity contribution is 0.183. The van der Waals surface area contributed by atoms with Crippen LogP contribution in [0.15, 0.2) is 48.7 Å². The van der Waals surface area contributed by atoms with Gasteiger partial charge >= 0.3 is 6.03 Å². The second-order valence-electron chi connectivity index (χ2n) is 6.25. The van der Waals surface area contributed by atoms with Crippen molar-refractivity contribution in [3.05, 3.63) is 54.2 Å². The number of anilines is 1. The number of amides is 2. The van der Waals surface area contributed by atoms with Gasteiger partial charge in [0.1, 0.15) is 5.75 Å². The van der Waals surface area contributed by atoms with E-state index >= 15 is 0 Å². The zero-order valence-corrected chi connectivity index (χ0v) is 14.5. The van der Waals surface area contributed by atoms with E-state index in [4.69, 9.17) is 4.74 Å². The van der Waals surface area contributed by atoms with Crippen LogP contribution in [0, 0.1) is 0 Å². The maximum atomic E-state index is 12.1. The van der Waals surface area contributed by atoms with Crippen LogP contribution in [0.4, 0.5) is 10.5 Å². The Bertz CT molecular complexity index is 855. The Morgan fingerprint density at radius 2 is 1.88 bits per heavy atom. The second kappa shape index (κ2) is 7.25. The average Bonchev–Trinajstić information content (AvgIpc) is 3.02.